The molecule has 0 aromatic heterocycles. The van der Waals surface area contributed by atoms with Gasteiger partial charge in [0.1, 0.15) is 0 Å². The van der Waals surface area contributed by atoms with Gasteiger partial charge in [-0.3, -0.25) is 0 Å². The van der Waals surface area contributed by atoms with Crippen LogP contribution in [0.1, 0.15) is 201 Å². The van der Waals surface area contributed by atoms with E-state index < -0.39 is 0 Å². The van der Waals surface area contributed by atoms with Gasteiger partial charge in [-0.1, -0.05) is 174 Å². The van der Waals surface area contributed by atoms with Gasteiger partial charge in [-0.2, -0.15) is 0 Å². The molecule has 0 aliphatic heterocycles. The van der Waals surface area contributed by atoms with E-state index in [0.717, 1.165) is 5.92 Å². The first-order valence-electron chi connectivity index (χ1n) is 17.1. The van der Waals surface area contributed by atoms with E-state index in [1.54, 1.807) is 0 Å². The molecule has 0 saturated heterocycles. The van der Waals surface area contributed by atoms with Crippen molar-refractivity contribution in [2.75, 3.05) is 0 Å². The number of unbranched alkanes of at least 4 members (excludes halogenated alkanes) is 22. The largest absolute Gasteiger partial charge is 0.328 e. The molecule has 0 radical (unpaired) electrons. The molecule has 0 aromatic rings. The summed E-state index contributed by atoms with van der Waals surface area (Å²) in [7, 11) is 0. The first-order valence-corrected chi connectivity index (χ1v) is 17.1. The minimum absolute atomic E-state index is 0.460. The van der Waals surface area contributed by atoms with Gasteiger partial charge in [0.05, 0.1) is 0 Å². The molecule has 216 valence electrons. The van der Waals surface area contributed by atoms with Gasteiger partial charge in [-0.25, -0.2) is 0 Å². The lowest BCUT2D eigenvalue weighted by Gasteiger charge is -2.11. The molecule has 1 unspecified atom stereocenters. The lowest BCUT2D eigenvalue weighted by atomic mass is 9.99. The number of hydrogen-bond donors (Lipinski definition) is 1. The second-order valence-corrected chi connectivity index (χ2v) is 12.3. The zero-order chi connectivity index (χ0) is 26.4. The van der Waals surface area contributed by atoms with Crippen LogP contribution in [0.15, 0.2) is 12.2 Å². The van der Waals surface area contributed by atoms with Gasteiger partial charge in [0.25, 0.3) is 0 Å². The highest BCUT2D eigenvalue weighted by atomic mass is 14.6. The van der Waals surface area contributed by atoms with E-state index in [2.05, 4.69) is 32.9 Å². The molecule has 36 heavy (non-hydrogen) atoms. The zero-order valence-corrected chi connectivity index (χ0v) is 25.7. The second kappa shape index (κ2) is 30.9. The topological polar surface area (TPSA) is 26.0 Å². The monoisotopic (exact) mass is 506 g/mol. The maximum atomic E-state index is 6.35. The Bertz CT molecular complexity index is 413. The number of hydrogen-bond acceptors (Lipinski definition) is 1. The van der Waals surface area contributed by atoms with Crippen LogP contribution in [0.2, 0.25) is 0 Å². The molecule has 1 atom stereocenters. The Kier molecular flexibility index (Phi) is 30.7. The molecule has 0 rings (SSSR count). The highest BCUT2D eigenvalue weighted by molar-refractivity contribution is 4.81. The van der Waals surface area contributed by atoms with Crippen molar-refractivity contribution in [1.82, 2.24) is 0 Å². The molecule has 1 heteroatoms. The summed E-state index contributed by atoms with van der Waals surface area (Å²) in [5.74, 6) is 0.875. The Morgan fingerprint density at radius 1 is 0.417 bits per heavy atom. The normalized spacial score (nSPS) is 12.8. The summed E-state index contributed by atoms with van der Waals surface area (Å²) in [6, 6.07) is 0.460. The van der Waals surface area contributed by atoms with Crippen LogP contribution in [0.3, 0.4) is 0 Å². The van der Waals surface area contributed by atoms with Gasteiger partial charge in [-0.05, 0) is 44.4 Å². The van der Waals surface area contributed by atoms with Gasteiger partial charge in [-0.15, -0.1) is 0 Å². The van der Waals surface area contributed by atoms with E-state index in [1.165, 1.54) is 180 Å². The molecule has 0 aliphatic carbocycles. The first-order chi connectivity index (χ1) is 17.7. The molecule has 0 heterocycles. The molecular weight excluding hydrogens is 434 g/mol. The Morgan fingerprint density at radius 3 is 1.08 bits per heavy atom. The van der Waals surface area contributed by atoms with Crippen LogP contribution < -0.4 is 5.73 Å². The third-order valence-corrected chi connectivity index (χ3v) is 7.94. The van der Waals surface area contributed by atoms with E-state index in [0.29, 0.717) is 6.04 Å². The molecule has 0 amide bonds. The van der Waals surface area contributed by atoms with Crippen molar-refractivity contribution < 1.29 is 0 Å². The number of rotatable bonds is 30. The van der Waals surface area contributed by atoms with Crippen LogP contribution in [0.5, 0.6) is 0 Å². The van der Waals surface area contributed by atoms with Crippen LogP contribution in [0.4, 0.5) is 0 Å². The molecule has 0 aromatic carbocycles. The van der Waals surface area contributed by atoms with E-state index in [1.807, 2.05) is 0 Å². The van der Waals surface area contributed by atoms with Crippen molar-refractivity contribution in [2.45, 2.75) is 207 Å². The average Bonchev–Trinajstić information content (AvgIpc) is 2.86. The molecule has 0 spiro atoms. The van der Waals surface area contributed by atoms with Crippen molar-refractivity contribution in [3.63, 3.8) is 0 Å². The van der Waals surface area contributed by atoms with E-state index >= 15 is 0 Å². The Hall–Kier alpha value is -0.300. The second-order valence-electron chi connectivity index (χ2n) is 12.3. The van der Waals surface area contributed by atoms with Gasteiger partial charge in [0.15, 0.2) is 0 Å². The minimum Gasteiger partial charge on any atom is -0.328 e. The molecule has 0 bridgehead atoms. The molecule has 2 N–H and O–H groups in total. The van der Waals surface area contributed by atoms with Crippen molar-refractivity contribution in [3.8, 4) is 0 Å². The van der Waals surface area contributed by atoms with Gasteiger partial charge < -0.3 is 5.73 Å². The Labute approximate surface area is 230 Å². The summed E-state index contributed by atoms with van der Waals surface area (Å²) in [6.45, 7) is 6.96. The van der Waals surface area contributed by atoms with Crippen molar-refractivity contribution in [3.05, 3.63) is 12.2 Å². The van der Waals surface area contributed by atoms with Crippen LogP contribution in [-0.4, -0.2) is 6.04 Å². The maximum Gasteiger partial charge on any atom is 0.00388 e. The summed E-state index contributed by atoms with van der Waals surface area (Å²) >= 11 is 0. The third kappa shape index (κ3) is 31.7. The maximum absolute atomic E-state index is 6.35. The fourth-order valence-electron chi connectivity index (χ4n) is 5.35. The fourth-order valence-corrected chi connectivity index (χ4v) is 5.35. The Morgan fingerprint density at radius 2 is 0.722 bits per heavy atom. The zero-order valence-electron chi connectivity index (χ0n) is 25.7. The smallest absolute Gasteiger partial charge is 0.00388 e. The predicted molar refractivity (Wildman–Crippen MR) is 167 cm³/mol. The van der Waals surface area contributed by atoms with Crippen LogP contribution in [0.25, 0.3) is 0 Å². The summed E-state index contributed by atoms with van der Waals surface area (Å²) in [5.41, 5.74) is 6.35. The van der Waals surface area contributed by atoms with Crippen molar-refractivity contribution in [2.24, 2.45) is 11.7 Å². The van der Waals surface area contributed by atoms with Crippen LogP contribution in [-0.2, 0) is 0 Å². The van der Waals surface area contributed by atoms with Crippen molar-refractivity contribution in [1.29, 1.82) is 0 Å². The predicted octanol–water partition coefficient (Wildman–Crippen LogP) is 12.5. The van der Waals surface area contributed by atoms with Gasteiger partial charge >= 0.3 is 0 Å². The SMILES string of the molecule is CCCCCCCC/C=C/CCCCCCCCCCCCCC(N)CCCCCCCCC(C)C. The quantitative estimate of drug-likeness (QED) is 0.0762. The number of nitrogens with two attached hydrogens (primary N) is 1. The Balaban J connectivity index is 3.17. The average molecular weight is 506 g/mol. The summed E-state index contributed by atoms with van der Waals surface area (Å²) in [6.07, 6.45) is 44.0. The molecule has 1 nitrogen and oxygen atoms in total. The fraction of sp³-hybridized carbons (Fsp3) is 0.943. The third-order valence-electron chi connectivity index (χ3n) is 7.94. The van der Waals surface area contributed by atoms with E-state index in [9.17, 15) is 0 Å². The van der Waals surface area contributed by atoms with Crippen LogP contribution >= 0.6 is 0 Å². The highest BCUT2D eigenvalue weighted by Crippen LogP contribution is 2.16. The van der Waals surface area contributed by atoms with E-state index in [-0.39, 0.29) is 0 Å². The minimum atomic E-state index is 0.460. The van der Waals surface area contributed by atoms with Crippen molar-refractivity contribution >= 4 is 0 Å². The number of allylic oxidation sites excluding steroid dienone is 2. The molecular formula is C35H71N. The summed E-state index contributed by atoms with van der Waals surface area (Å²) < 4.78 is 0. The molecule has 0 saturated carbocycles. The standard InChI is InChI=1S/C35H71N/c1-4-5-6-7-8-9-10-11-12-13-14-15-16-17-18-19-20-21-22-26-29-32-35(36)33-30-27-24-23-25-28-31-34(2)3/h11-12,34-35H,4-10,13-33,36H2,1-3H3/b12-11+. The first kappa shape index (κ1) is 35.7. The summed E-state index contributed by atoms with van der Waals surface area (Å²) in [5, 5.41) is 0. The molecule has 0 fully saturated rings. The lowest BCUT2D eigenvalue weighted by molar-refractivity contribution is 0.473. The van der Waals surface area contributed by atoms with Gasteiger partial charge in [0, 0.05) is 6.04 Å². The lowest BCUT2D eigenvalue weighted by Crippen LogP contribution is -2.19. The van der Waals surface area contributed by atoms with Crippen LogP contribution in [0, 0.1) is 5.92 Å². The highest BCUT2D eigenvalue weighted by Gasteiger charge is 2.03. The van der Waals surface area contributed by atoms with E-state index in [4.69, 9.17) is 5.73 Å². The summed E-state index contributed by atoms with van der Waals surface area (Å²) in [4.78, 5) is 0. The molecule has 0 aliphatic rings. The van der Waals surface area contributed by atoms with Gasteiger partial charge in [0.2, 0.25) is 0 Å².